The minimum Gasteiger partial charge on any atom is -0.481 e. The van der Waals surface area contributed by atoms with Crippen molar-refractivity contribution in [3.63, 3.8) is 0 Å². The van der Waals surface area contributed by atoms with E-state index >= 15 is 0 Å². The first-order valence-corrected chi connectivity index (χ1v) is 9.98. The molecule has 1 aliphatic carbocycles. The molecule has 2 N–H and O–H groups in total. The second kappa shape index (κ2) is 9.58. The predicted molar refractivity (Wildman–Crippen MR) is 102 cm³/mol. The van der Waals surface area contributed by atoms with Crippen molar-refractivity contribution in [1.29, 1.82) is 0 Å². The van der Waals surface area contributed by atoms with Crippen LogP contribution in [0.15, 0.2) is 18.3 Å². The van der Waals surface area contributed by atoms with E-state index in [-0.39, 0.29) is 23.9 Å². The lowest BCUT2D eigenvalue weighted by Gasteiger charge is -2.33. The number of carbonyl (C=O) groups excluding carboxylic acids is 2. The molecule has 1 saturated carbocycles. The number of nitrogens with one attached hydrogen (secondary N) is 2. The summed E-state index contributed by atoms with van der Waals surface area (Å²) in [7, 11) is 1.57. The van der Waals surface area contributed by atoms with Crippen LogP contribution in [0.3, 0.4) is 0 Å². The highest BCUT2D eigenvalue weighted by Crippen LogP contribution is 2.24. The summed E-state index contributed by atoms with van der Waals surface area (Å²) in [5, 5.41) is 6.14. The fourth-order valence-corrected chi connectivity index (χ4v) is 3.87. The summed E-state index contributed by atoms with van der Waals surface area (Å²) in [4.78, 5) is 30.6. The summed E-state index contributed by atoms with van der Waals surface area (Å²) in [6, 6.07) is 3.79. The predicted octanol–water partition coefficient (Wildman–Crippen LogP) is 2.46. The molecule has 2 heterocycles. The number of urea groups is 1. The zero-order valence-electron chi connectivity index (χ0n) is 16.1. The number of hydrogen-bond donors (Lipinski definition) is 2. The first-order chi connectivity index (χ1) is 13.2. The summed E-state index contributed by atoms with van der Waals surface area (Å²) < 4.78 is 5.10. The molecule has 27 heavy (non-hydrogen) atoms. The number of rotatable bonds is 5. The van der Waals surface area contributed by atoms with Gasteiger partial charge in [-0.15, -0.1) is 0 Å². The zero-order valence-corrected chi connectivity index (χ0v) is 16.1. The van der Waals surface area contributed by atoms with Crippen LogP contribution in [-0.4, -0.2) is 48.1 Å². The van der Waals surface area contributed by atoms with Crippen molar-refractivity contribution in [2.24, 2.45) is 5.92 Å². The van der Waals surface area contributed by atoms with Gasteiger partial charge < -0.3 is 20.3 Å². The largest absolute Gasteiger partial charge is 0.481 e. The number of likely N-dealkylation sites (tertiary alicyclic amines) is 1. The second-order valence-electron chi connectivity index (χ2n) is 7.47. The average Bonchev–Trinajstić information content (AvgIpc) is 2.73. The monoisotopic (exact) mass is 374 g/mol. The highest BCUT2D eigenvalue weighted by molar-refractivity contribution is 5.79. The first kappa shape index (κ1) is 19.5. The Hall–Kier alpha value is -2.31. The normalized spacial score (nSPS) is 18.8. The Kier molecular flexibility index (Phi) is 6.90. The van der Waals surface area contributed by atoms with E-state index in [4.69, 9.17) is 4.74 Å². The van der Waals surface area contributed by atoms with Crippen molar-refractivity contribution in [3.8, 4) is 5.88 Å². The molecule has 3 rings (SSSR count). The van der Waals surface area contributed by atoms with Crippen LogP contribution in [0.4, 0.5) is 4.79 Å². The molecule has 0 aromatic carbocycles. The molecule has 0 spiro atoms. The molecule has 0 unspecified atom stereocenters. The maximum atomic E-state index is 12.4. The Morgan fingerprint density at radius 3 is 2.63 bits per heavy atom. The Labute approximate surface area is 160 Å². The van der Waals surface area contributed by atoms with Gasteiger partial charge in [0.05, 0.1) is 7.11 Å². The van der Waals surface area contributed by atoms with Gasteiger partial charge in [-0.1, -0.05) is 19.3 Å². The lowest BCUT2D eigenvalue weighted by Crippen LogP contribution is -2.50. The van der Waals surface area contributed by atoms with E-state index in [0.717, 1.165) is 31.2 Å². The quantitative estimate of drug-likeness (QED) is 0.829. The molecular formula is C20H30N4O3. The third-order valence-corrected chi connectivity index (χ3v) is 5.56. The highest BCUT2D eigenvalue weighted by atomic mass is 16.5. The van der Waals surface area contributed by atoms with E-state index in [1.165, 1.54) is 19.3 Å². The maximum absolute atomic E-state index is 12.4. The molecule has 0 bridgehead atoms. The van der Waals surface area contributed by atoms with Gasteiger partial charge in [0.15, 0.2) is 0 Å². The summed E-state index contributed by atoms with van der Waals surface area (Å²) in [6.07, 6.45) is 8.92. The number of ether oxygens (including phenoxy) is 1. The molecule has 2 aliphatic rings. The van der Waals surface area contributed by atoms with Crippen LogP contribution < -0.4 is 15.4 Å². The topological polar surface area (TPSA) is 83.6 Å². The van der Waals surface area contributed by atoms with Gasteiger partial charge in [0, 0.05) is 43.9 Å². The lowest BCUT2D eigenvalue weighted by atomic mass is 9.88. The highest BCUT2D eigenvalue weighted by Gasteiger charge is 2.27. The molecular weight excluding hydrogens is 344 g/mol. The fourth-order valence-electron chi connectivity index (χ4n) is 3.87. The van der Waals surface area contributed by atoms with Gasteiger partial charge in [0.1, 0.15) is 0 Å². The number of hydrogen-bond acceptors (Lipinski definition) is 4. The number of carbonyl (C=O) groups is 2. The number of nitrogens with zero attached hydrogens (tertiary/aromatic N) is 2. The Balaban J connectivity index is 1.39. The average molecular weight is 374 g/mol. The third kappa shape index (κ3) is 5.58. The number of piperidine rings is 1. The van der Waals surface area contributed by atoms with Crippen molar-refractivity contribution >= 4 is 11.9 Å². The van der Waals surface area contributed by atoms with Crippen LogP contribution >= 0.6 is 0 Å². The second-order valence-corrected chi connectivity index (χ2v) is 7.47. The van der Waals surface area contributed by atoms with E-state index < -0.39 is 0 Å². The van der Waals surface area contributed by atoms with Crippen LogP contribution in [0, 0.1) is 5.92 Å². The van der Waals surface area contributed by atoms with Crippen molar-refractivity contribution in [1.82, 2.24) is 20.5 Å². The Morgan fingerprint density at radius 2 is 1.93 bits per heavy atom. The number of methoxy groups -OCH3 is 1. The molecule has 7 heteroatoms. The van der Waals surface area contributed by atoms with Crippen LogP contribution in [0.25, 0.3) is 0 Å². The van der Waals surface area contributed by atoms with E-state index in [9.17, 15) is 9.59 Å². The summed E-state index contributed by atoms with van der Waals surface area (Å²) in [5.74, 6) is 0.943. The van der Waals surface area contributed by atoms with Crippen LogP contribution in [0.5, 0.6) is 5.88 Å². The van der Waals surface area contributed by atoms with Crippen molar-refractivity contribution in [2.45, 2.75) is 57.5 Å². The van der Waals surface area contributed by atoms with E-state index in [0.29, 0.717) is 25.5 Å². The smallest absolute Gasteiger partial charge is 0.317 e. The Bertz CT molecular complexity index is 638. The van der Waals surface area contributed by atoms with Crippen molar-refractivity contribution in [2.75, 3.05) is 20.2 Å². The molecule has 148 valence electrons. The minimum atomic E-state index is -0.0668. The maximum Gasteiger partial charge on any atom is 0.317 e. The van der Waals surface area contributed by atoms with Crippen LogP contribution in [0.1, 0.15) is 50.5 Å². The van der Waals surface area contributed by atoms with Gasteiger partial charge >= 0.3 is 6.03 Å². The summed E-state index contributed by atoms with van der Waals surface area (Å²) in [5.41, 5.74) is 0.949. The molecule has 0 radical (unpaired) electrons. The van der Waals surface area contributed by atoms with Gasteiger partial charge in [0.25, 0.3) is 0 Å². The summed E-state index contributed by atoms with van der Waals surface area (Å²) >= 11 is 0. The molecule has 7 nitrogen and oxygen atoms in total. The minimum absolute atomic E-state index is 0.0668. The van der Waals surface area contributed by atoms with Crippen LogP contribution in [-0.2, 0) is 11.3 Å². The number of pyridine rings is 1. The number of amides is 3. The Morgan fingerprint density at radius 1 is 1.19 bits per heavy atom. The first-order valence-electron chi connectivity index (χ1n) is 9.98. The van der Waals surface area contributed by atoms with Gasteiger partial charge in [-0.05, 0) is 37.3 Å². The van der Waals surface area contributed by atoms with E-state index in [1.54, 1.807) is 13.3 Å². The standard InChI is InChI=1S/C20H30N4O3/c1-27-18-13-15(7-10-21-18)14-22-20(26)24-11-8-17(9-12-24)23-19(25)16-5-3-2-4-6-16/h7,10,13,16-17H,2-6,8-9,11-12,14H2,1H3,(H,22,26)(H,23,25). The molecule has 3 amide bonds. The molecule has 2 fully saturated rings. The van der Waals surface area contributed by atoms with Crippen LogP contribution in [0.2, 0.25) is 0 Å². The van der Waals surface area contributed by atoms with Gasteiger partial charge in [-0.2, -0.15) is 0 Å². The zero-order chi connectivity index (χ0) is 19.1. The van der Waals surface area contributed by atoms with E-state index in [2.05, 4.69) is 15.6 Å². The van der Waals surface area contributed by atoms with Gasteiger partial charge in [-0.3, -0.25) is 4.79 Å². The third-order valence-electron chi connectivity index (χ3n) is 5.56. The summed E-state index contributed by atoms with van der Waals surface area (Å²) in [6.45, 7) is 1.78. The van der Waals surface area contributed by atoms with Gasteiger partial charge in [-0.25, -0.2) is 9.78 Å². The lowest BCUT2D eigenvalue weighted by molar-refractivity contribution is -0.126. The van der Waals surface area contributed by atoms with Crippen molar-refractivity contribution < 1.29 is 14.3 Å². The molecule has 1 aromatic rings. The van der Waals surface area contributed by atoms with E-state index in [1.807, 2.05) is 17.0 Å². The SMILES string of the molecule is COc1cc(CNC(=O)N2CCC(NC(=O)C3CCCCC3)CC2)ccn1. The number of aromatic nitrogens is 1. The molecule has 1 aliphatic heterocycles. The molecule has 1 saturated heterocycles. The fraction of sp³-hybridized carbons (Fsp3) is 0.650. The van der Waals surface area contributed by atoms with Crippen molar-refractivity contribution in [3.05, 3.63) is 23.9 Å². The molecule has 0 atom stereocenters. The van der Waals surface area contributed by atoms with Gasteiger partial charge in [0.2, 0.25) is 11.8 Å². The molecule has 1 aromatic heterocycles.